The molecule has 1 fully saturated rings. The lowest BCUT2D eigenvalue weighted by Gasteiger charge is -2.41. The van der Waals surface area contributed by atoms with Crippen LogP contribution in [0.4, 0.5) is 0 Å². The van der Waals surface area contributed by atoms with Gasteiger partial charge in [-0.25, -0.2) is 0 Å². The summed E-state index contributed by atoms with van der Waals surface area (Å²) < 4.78 is 0. The minimum absolute atomic E-state index is 0.0276. The van der Waals surface area contributed by atoms with E-state index in [0.29, 0.717) is 5.41 Å². The molecule has 0 radical (unpaired) electrons. The molecule has 1 rings (SSSR count). The summed E-state index contributed by atoms with van der Waals surface area (Å²) in [5.74, 6) is -0.195. The van der Waals surface area contributed by atoms with Gasteiger partial charge in [0, 0.05) is 6.54 Å². The maximum absolute atomic E-state index is 11.2. The molecule has 1 N–H and O–H groups in total. The first-order chi connectivity index (χ1) is 6.58. The second-order valence-corrected chi connectivity index (χ2v) is 4.36. The number of carbonyl (C=O) groups excluding carboxylic acids is 2. The van der Waals surface area contributed by atoms with Crippen LogP contribution in [0.5, 0.6) is 0 Å². The summed E-state index contributed by atoms with van der Waals surface area (Å²) in [5, 5.41) is 2.85. The van der Waals surface area contributed by atoms with Crippen molar-refractivity contribution in [1.29, 1.82) is 0 Å². The van der Waals surface area contributed by atoms with Crippen molar-refractivity contribution in [1.82, 2.24) is 5.32 Å². The molecule has 3 nitrogen and oxygen atoms in total. The Bertz CT molecular complexity index is 226. The predicted molar refractivity (Wildman–Crippen MR) is 54.9 cm³/mol. The minimum Gasteiger partial charge on any atom is -0.355 e. The van der Waals surface area contributed by atoms with E-state index in [2.05, 4.69) is 12.2 Å². The van der Waals surface area contributed by atoms with E-state index in [0.717, 1.165) is 13.0 Å². The Hall–Kier alpha value is -0.860. The van der Waals surface area contributed by atoms with Gasteiger partial charge in [0.05, 0.1) is 6.42 Å². The number of Topliss-reactive ketones (excluding diaryl/α,β-unsaturated/α-hetero) is 1. The number of ketones is 1. The van der Waals surface area contributed by atoms with Crippen LogP contribution < -0.4 is 5.32 Å². The fourth-order valence-corrected chi connectivity index (χ4v) is 1.91. The molecule has 0 bridgehead atoms. The number of rotatable bonds is 5. The van der Waals surface area contributed by atoms with Gasteiger partial charge in [-0.2, -0.15) is 0 Å². The summed E-state index contributed by atoms with van der Waals surface area (Å²) in [7, 11) is 0. The highest BCUT2D eigenvalue weighted by molar-refractivity contribution is 5.96. The molecule has 0 unspecified atom stereocenters. The maximum atomic E-state index is 11.2. The largest absolute Gasteiger partial charge is 0.355 e. The molecule has 1 saturated carbocycles. The highest BCUT2D eigenvalue weighted by atomic mass is 16.2. The summed E-state index contributed by atoms with van der Waals surface area (Å²) in [6.07, 6.45) is 4.84. The first-order valence-electron chi connectivity index (χ1n) is 5.34. The third-order valence-corrected chi connectivity index (χ3v) is 3.23. The fourth-order valence-electron chi connectivity index (χ4n) is 1.91. The highest BCUT2D eigenvalue weighted by Gasteiger charge is 2.35. The number of amides is 1. The van der Waals surface area contributed by atoms with Gasteiger partial charge in [0.1, 0.15) is 5.78 Å². The molecule has 0 aromatic rings. The van der Waals surface area contributed by atoms with Gasteiger partial charge < -0.3 is 5.32 Å². The van der Waals surface area contributed by atoms with Crippen molar-refractivity contribution in [3.63, 3.8) is 0 Å². The quantitative estimate of drug-likeness (QED) is 0.681. The van der Waals surface area contributed by atoms with Crippen molar-refractivity contribution in [3.8, 4) is 0 Å². The fraction of sp³-hybridized carbons (Fsp3) is 0.818. The zero-order valence-electron chi connectivity index (χ0n) is 9.06. The molecule has 0 saturated heterocycles. The molecular weight excluding hydrogens is 178 g/mol. The lowest BCUT2D eigenvalue weighted by molar-refractivity contribution is -0.127. The molecule has 0 atom stereocenters. The van der Waals surface area contributed by atoms with Gasteiger partial charge in [0.25, 0.3) is 0 Å². The Balaban J connectivity index is 2.25. The Kier molecular flexibility index (Phi) is 3.67. The number of nitrogens with one attached hydrogen (secondary N) is 1. The van der Waals surface area contributed by atoms with Crippen molar-refractivity contribution in [2.45, 2.75) is 46.0 Å². The number of hydrogen-bond acceptors (Lipinski definition) is 2. The van der Waals surface area contributed by atoms with E-state index in [-0.39, 0.29) is 18.1 Å². The van der Waals surface area contributed by atoms with Crippen LogP contribution in [0, 0.1) is 5.41 Å². The molecule has 0 aromatic heterocycles. The zero-order valence-corrected chi connectivity index (χ0v) is 9.06. The van der Waals surface area contributed by atoms with E-state index in [4.69, 9.17) is 0 Å². The van der Waals surface area contributed by atoms with Crippen molar-refractivity contribution >= 4 is 11.7 Å². The molecular formula is C11H19NO2. The van der Waals surface area contributed by atoms with E-state index in [1.54, 1.807) is 0 Å². The monoisotopic (exact) mass is 197 g/mol. The van der Waals surface area contributed by atoms with E-state index < -0.39 is 0 Å². The van der Waals surface area contributed by atoms with Crippen LogP contribution in [0.1, 0.15) is 46.0 Å². The van der Waals surface area contributed by atoms with Gasteiger partial charge in [0.2, 0.25) is 5.91 Å². The SMILES string of the molecule is CCC1(CNC(=O)CC(C)=O)CCC1. The van der Waals surface area contributed by atoms with E-state index >= 15 is 0 Å². The number of carbonyl (C=O) groups is 2. The molecule has 1 aliphatic rings. The molecule has 0 aliphatic heterocycles. The van der Waals surface area contributed by atoms with Gasteiger partial charge in [-0.1, -0.05) is 13.3 Å². The summed E-state index contributed by atoms with van der Waals surface area (Å²) in [6.45, 7) is 4.35. The Labute approximate surface area is 85.3 Å². The van der Waals surface area contributed by atoms with Crippen LogP contribution in [0.3, 0.4) is 0 Å². The van der Waals surface area contributed by atoms with Gasteiger partial charge in [-0.3, -0.25) is 9.59 Å². The Morgan fingerprint density at radius 1 is 1.36 bits per heavy atom. The summed E-state index contributed by atoms with van der Waals surface area (Å²) in [4.78, 5) is 21.9. The lowest BCUT2D eigenvalue weighted by Crippen LogP contribution is -2.42. The number of hydrogen-bond donors (Lipinski definition) is 1. The smallest absolute Gasteiger partial charge is 0.227 e. The third kappa shape index (κ3) is 2.82. The topological polar surface area (TPSA) is 46.2 Å². The molecule has 0 heterocycles. The van der Waals surface area contributed by atoms with Crippen molar-refractivity contribution in [2.75, 3.05) is 6.54 Å². The second-order valence-electron chi connectivity index (χ2n) is 4.36. The first kappa shape index (κ1) is 11.2. The van der Waals surface area contributed by atoms with Crippen LogP contribution in [-0.2, 0) is 9.59 Å². The second kappa shape index (κ2) is 4.58. The van der Waals surface area contributed by atoms with Crippen LogP contribution in [-0.4, -0.2) is 18.2 Å². The van der Waals surface area contributed by atoms with Crippen LogP contribution in [0.2, 0.25) is 0 Å². The van der Waals surface area contributed by atoms with Gasteiger partial charge in [-0.15, -0.1) is 0 Å². The molecule has 80 valence electrons. The molecule has 1 aliphatic carbocycles. The van der Waals surface area contributed by atoms with E-state index in [1.165, 1.54) is 26.2 Å². The predicted octanol–water partition coefficient (Wildman–Crippen LogP) is 1.66. The maximum Gasteiger partial charge on any atom is 0.227 e. The minimum atomic E-state index is -0.128. The van der Waals surface area contributed by atoms with E-state index in [9.17, 15) is 9.59 Å². The van der Waals surface area contributed by atoms with Crippen LogP contribution >= 0.6 is 0 Å². The van der Waals surface area contributed by atoms with E-state index in [1.807, 2.05) is 0 Å². The summed E-state index contributed by atoms with van der Waals surface area (Å²) >= 11 is 0. The van der Waals surface area contributed by atoms with Gasteiger partial charge in [-0.05, 0) is 31.6 Å². The lowest BCUT2D eigenvalue weighted by atomic mass is 9.67. The normalized spacial score (nSPS) is 18.4. The molecule has 1 amide bonds. The molecule has 14 heavy (non-hydrogen) atoms. The van der Waals surface area contributed by atoms with Crippen molar-refractivity contribution in [3.05, 3.63) is 0 Å². The Morgan fingerprint density at radius 2 is 2.00 bits per heavy atom. The first-order valence-corrected chi connectivity index (χ1v) is 5.34. The summed E-state index contributed by atoms with van der Waals surface area (Å²) in [6, 6.07) is 0. The molecule has 0 aromatic carbocycles. The molecule has 0 spiro atoms. The summed E-state index contributed by atoms with van der Waals surface area (Å²) in [5.41, 5.74) is 0.340. The van der Waals surface area contributed by atoms with Gasteiger partial charge >= 0.3 is 0 Å². The zero-order chi connectivity index (χ0) is 10.6. The average molecular weight is 197 g/mol. The van der Waals surface area contributed by atoms with Crippen LogP contribution in [0.15, 0.2) is 0 Å². The van der Waals surface area contributed by atoms with Crippen molar-refractivity contribution in [2.24, 2.45) is 5.41 Å². The van der Waals surface area contributed by atoms with Crippen LogP contribution in [0.25, 0.3) is 0 Å². The van der Waals surface area contributed by atoms with Crippen molar-refractivity contribution < 1.29 is 9.59 Å². The Morgan fingerprint density at radius 3 is 2.36 bits per heavy atom. The third-order valence-electron chi connectivity index (χ3n) is 3.23. The molecule has 3 heteroatoms. The van der Waals surface area contributed by atoms with Gasteiger partial charge in [0.15, 0.2) is 0 Å². The standard InChI is InChI=1S/C11H19NO2/c1-3-11(5-4-6-11)8-12-10(14)7-9(2)13/h3-8H2,1-2H3,(H,12,14). The highest BCUT2D eigenvalue weighted by Crippen LogP contribution is 2.42. The average Bonchev–Trinajstić information content (AvgIpc) is 2.01.